The lowest BCUT2D eigenvalue weighted by Gasteiger charge is -2.13. The predicted molar refractivity (Wildman–Crippen MR) is 77.6 cm³/mol. The Hall–Kier alpha value is -2.69. The summed E-state index contributed by atoms with van der Waals surface area (Å²) in [5.41, 5.74) is 3.33. The minimum Gasteiger partial charge on any atom is -0.496 e. The minimum atomic E-state index is -0.205. The van der Waals surface area contributed by atoms with Crippen LogP contribution in [0.5, 0.6) is 5.75 Å². The van der Waals surface area contributed by atoms with Gasteiger partial charge in [-0.05, 0) is 18.2 Å². The van der Waals surface area contributed by atoms with E-state index in [1.807, 2.05) is 18.2 Å². The molecule has 1 unspecified atom stereocenters. The topological polar surface area (TPSA) is 60.8 Å². The Balaban J connectivity index is 1.83. The van der Waals surface area contributed by atoms with E-state index in [1.165, 1.54) is 0 Å². The number of ether oxygens (including phenoxy) is 1. The first-order valence-electron chi connectivity index (χ1n) is 6.58. The normalized spacial score (nSPS) is 17.0. The molecule has 1 aliphatic heterocycles. The van der Waals surface area contributed by atoms with Gasteiger partial charge in [0.05, 0.1) is 12.8 Å². The predicted octanol–water partition coefficient (Wildman–Crippen LogP) is 2.77. The van der Waals surface area contributed by atoms with Crippen LogP contribution in [0.2, 0.25) is 0 Å². The fourth-order valence-electron chi connectivity index (χ4n) is 2.33. The number of rotatable bonds is 4. The maximum atomic E-state index is 10.8. The molecule has 21 heavy (non-hydrogen) atoms. The van der Waals surface area contributed by atoms with Gasteiger partial charge < -0.3 is 9.57 Å². The maximum absolute atomic E-state index is 10.8. The van der Waals surface area contributed by atoms with Crippen LogP contribution < -0.4 is 4.74 Å². The highest BCUT2D eigenvalue weighted by atomic mass is 16.6. The Labute approximate surface area is 122 Å². The van der Waals surface area contributed by atoms with Crippen molar-refractivity contribution in [2.45, 2.75) is 12.5 Å². The van der Waals surface area contributed by atoms with Crippen molar-refractivity contribution in [3.05, 3.63) is 59.4 Å². The SMILES string of the molecule is COc1cc(C=O)ccc1C1CC(c2ccncc2)=NO1. The van der Waals surface area contributed by atoms with Crippen LogP contribution in [0.1, 0.15) is 34.0 Å². The van der Waals surface area contributed by atoms with Crippen LogP contribution in [0.3, 0.4) is 0 Å². The molecule has 1 atom stereocenters. The second kappa shape index (κ2) is 5.75. The lowest BCUT2D eigenvalue weighted by Crippen LogP contribution is -2.04. The zero-order chi connectivity index (χ0) is 14.7. The summed E-state index contributed by atoms with van der Waals surface area (Å²) >= 11 is 0. The van der Waals surface area contributed by atoms with E-state index in [0.29, 0.717) is 17.7 Å². The number of methoxy groups -OCH3 is 1. The molecule has 0 saturated carbocycles. The second-order valence-corrected chi connectivity index (χ2v) is 4.69. The molecular formula is C16H14N2O3. The van der Waals surface area contributed by atoms with Gasteiger partial charge in [-0.3, -0.25) is 9.78 Å². The fraction of sp³-hybridized carbons (Fsp3) is 0.188. The molecule has 1 aromatic heterocycles. The van der Waals surface area contributed by atoms with E-state index in [4.69, 9.17) is 9.57 Å². The highest BCUT2D eigenvalue weighted by Crippen LogP contribution is 2.35. The molecule has 3 rings (SSSR count). The largest absolute Gasteiger partial charge is 0.496 e. The molecule has 5 heteroatoms. The molecule has 0 N–H and O–H groups in total. The van der Waals surface area contributed by atoms with Crippen LogP contribution in [0, 0.1) is 0 Å². The number of benzene rings is 1. The number of aldehydes is 1. The number of pyridine rings is 1. The standard InChI is InChI=1S/C16H14N2O3/c1-20-15-8-11(10-19)2-3-13(15)16-9-14(18-21-16)12-4-6-17-7-5-12/h2-8,10,16H,9H2,1H3. The second-order valence-electron chi connectivity index (χ2n) is 4.69. The third-order valence-electron chi connectivity index (χ3n) is 3.42. The third-order valence-corrected chi connectivity index (χ3v) is 3.42. The first kappa shape index (κ1) is 13.3. The van der Waals surface area contributed by atoms with Crippen molar-refractivity contribution in [1.29, 1.82) is 0 Å². The summed E-state index contributed by atoms with van der Waals surface area (Å²) in [6, 6.07) is 9.10. The summed E-state index contributed by atoms with van der Waals surface area (Å²) in [6.45, 7) is 0. The Morgan fingerprint density at radius 3 is 2.81 bits per heavy atom. The van der Waals surface area contributed by atoms with E-state index in [0.717, 1.165) is 23.1 Å². The van der Waals surface area contributed by atoms with Crippen molar-refractivity contribution >= 4 is 12.0 Å². The van der Waals surface area contributed by atoms with Gasteiger partial charge >= 0.3 is 0 Å². The van der Waals surface area contributed by atoms with E-state index < -0.39 is 0 Å². The van der Waals surface area contributed by atoms with Gasteiger partial charge in [-0.25, -0.2) is 0 Å². The first-order valence-corrected chi connectivity index (χ1v) is 6.58. The smallest absolute Gasteiger partial charge is 0.161 e. The van der Waals surface area contributed by atoms with Crippen LogP contribution in [-0.2, 0) is 4.84 Å². The zero-order valence-electron chi connectivity index (χ0n) is 11.5. The molecule has 106 valence electrons. The molecule has 0 fully saturated rings. The van der Waals surface area contributed by atoms with Crippen molar-refractivity contribution in [1.82, 2.24) is 4.98 Å². The Kier molecular flexibility index (Phi) is 3.64. The van der Waals surface area contributed by atoms with E-state index in [-0.39, 0.29) is 6.10 Å². The van der Waals surface area contributed by atoms with E-state index >= 15 is 0 Å². The van der Waals surface area contributed by atoms with Crippen molar-refractivity contribution < 1.29 is 14.4 Å². The van der Waals surface area contributed by atoms with E-state index in [9.17, 15) is 4.79 Å². The summed E-state index contributed by atoms with van der Waals surface area (Å²) in [4.78, 5) is 20.3. The van der Waals surface area contributed by atoms with Crippen molar-refractivity contribution in [2.75, 3.05) is 7.11 Å². The van der Waals surface area contributed by atoms with Gasteiger partial charge in [0.25, 0.3) is 0 Å². The number of aromatic nitrogens is 1. The van der Waals surface area contributed by atoms with Gasteiger partial charge in [-0.15, -0.1) is 0 Å². The molecule has 2 aromatic rings. The molecule has 0 saturated heterocycles. The fourth-order valence-corrected chi connectivity index (χ4v) is 2.33. The number of carbonyl (C=O) groups excluding carboxylic acids is 1. The van der Waals surface area contributed by atoms with Gasteiger partial charge in [-0.1, -0.05) is 17.3 Å². The lowest BCUT2D eigenvalue weighted by molar-refractivity contribution is 0.0836. The summed E-state index contributed by atoms with van der Waals surface area (Å²) in [5, 5.41) is 4.15. The Morgan fingerprint density at radius 2 is 2.10 bits per heavy atom. The molecule has 1 aliphatic rings. The van der Waals surface area contributed by atoms with Crippen LogP contribution >= 0.6 is 0 Å². The van der Waals surface area contributed by atoms with Crippen molar-refractivity contribution in [2.24, 2.45) is 5.16 Å². The van der Waals surface area contributed by atoms with Crippen molar-refractivity contribution in [3.8, 4) is 5.75 Å². The minimum absolute atomic E-state index is 0.205. The maximum Gasteiger partial charge on any atom is 0.161 e. The zero-order valence-corrected chi connectivity index (χ0v) is 11.5. The molecule has 0 spiro atoms. The number of hydrogen-bond acceptors (Lipinski definition) is 5. The summed E-state index contributed by atoms with van der Waals surface area (Å²) < 4.78 is 5.34. The quantitative estimate of drug-likeness (QED) is 0.809. The van der Waals surface area contributed by atoms with Crippen LogP contribution in [0.4, 0.5) is 0 Å². The highest BCUT2D eigenvalue weighted by Gasteiger charge is 2.26. The monoisotopic (exact) mass is 282 g/mol. The average Bonchev–Trinajstić information content (AvgIpc) is 3.04. The third kappa shape index (κ3) is 2.63. The number of oxime groups is 1. The summed E-state index contributed by atoms with van der Waals surface area (Å²) in [5.74, 6) is 0.635. The summed E-state index contributed by atoms with van der Waals surface area (Å²) in [6.07, 6.45) is 4.69. The van der Waals surface area contributed by atoms with Gasteiger partial charge in [0.15, 0.2) is 6.10 Å². The molecule has 0 aliphatic carbocycles. The first-order chi connectivity index (χ1) is 10.3. The molecule has 0 bridgehead atoms. The number of hydrogen-bond donors (Lipinski definition) is 0. The van der Waals surface area contributed by atoms with E-state index in [2.05, 4.69) is 10.1 Å². The molecular weight excluding hydrogens is 268 g/mol. The molecule has 5 nitrogen and oxygen atoms in total. The molecule has 0 radical (unpaired) electrons. The Morgan fingerprint density at radius 1 is 1.29 bits per heavy atom. The average molecular weight is 282 g/mol. The lowest BCUT2D eigenvalue weighted by atomic mass is 9.99. The molecule has 2 heterocycles. The van der Waals surface area contributed by atoms with Gasteiger partial charge in [0.2, 0.25) is 0 Å². The van der Waals surface area contributed by atoms with Gasteiger partial charge in [0.1, 0.15) is 12.0 Å². The Bertz CT molecular complexity index is 683. The van der Waals surface area contributed by atoms with E-state index in [1.54, 1.807) is 31.6 Å². The molecule has 0 amide bonds. The molecule has 1 aromatic carbocycles. The number of carbonyl (C=O) groups is 1. The van der Waals surface area contributed by atoms with Crippen LogP contribution in [0.15, 0.2) is 47.9 Å². The van der Waals surface area contributed by atoms with Gasteiger partial charge in [-0.2, -0.15) is 0 Å². The van der Waals surface area contributed by atoms with Crippen LogP contribution in [0.25, 0.3) is 0 Å². The number of nitrogens with zero attached hydrogens (tertiary/aromatic N) is 2. The highest BCUT2D eigenvalue weighted by molar-refractivity contribution is 6.01. The van der Waals surface area contributed by atoms with Gasteiger partial charge in [0, 0.05) is 35.5 Å². The van der Waals surface area contributed by atoms with Crippen LogP contribution in [-0.4, -0.2) is 24.1 Å². The summed E-state index contributed by atoms with van der Waals surface area (Å²) in [7, 11) is 1.58. The van der Waals surface area contributed by atoms with Crippen molar-refractivity contribution in [3.63, 3.8) is 0 Å².